The highest BCUT2D eigenvalue weighted by Gasteiger charge is 2.15. The molecule has 0 aliphatic carbocycles. The number of rotatable bonds is 6. The highest BCUT2D eigenvalue weighted by atomic mass is 32.2. The van der Waals surface area contributed by atoms with E-state index in [0.29, 0.717) is 18.0 Å². The van der Waals surface area contributed by atoms with Crippen molar-refractivity contribution >= 4 is 11.8 Å². The van der Waals surface area contributed by atoms with Crippen LogP contribution in [0.2, 0.25) is 0 Å². The van der Waals surface area contributed by atoms with Crippen molar-refractivity contribution in [1.29, 1.82) is 0 Å². The molecule has 0 aromatic heterocycles. The van der Waals surface area contributed by atoms with Crippen LogP contribution in [0.4, 0.5) is 4.39 Å². The van der Waals surface area contributed by atoms with E-state index in [1.807, 2.05) is 12.1 Å². The molecule has 0 spiro atoms. The molecule has 4 heteroatoms. The third-order valence-corrected chi connectivity index (χ3v) is 3.39. The highest BCUT2D eigenvalue weighted by molar-refractivity contribution is 8.00. The second-order valence-corrected chi connectivity index (χ2v) is 7.02. The molecule has 0 heterocycles. The summed E-state index contributed by atoms with van der Waals surface area (Å²) in [5.74, 6) is -0.138. The van der Waals surface area contributed by atoms with Gasteiger partial charge in [0.05, 0.1) is 6.61 Å². The summed E-state index contributed by atoms with van der Waals surface area (Å²) >= 11 is 1.55. The molecule has 0 bridgehead atoms. The molecule has 0 atom stereocenters. The number of hydrogen-bond acceptors (Lipinski definition) is 3. The summed E-state index contributed by atoms with van der Waals surface area (Å²) in [6.07, 6.45) is 0. The van der Waals surface area contributed by atoms with Crippen LogP contribution in [0.25, 0.3) is 0 Å². The van der Waals surface area contributed by atoms with Crippen LogP contribution >= 0.6 is 11.8 Å². The van der Waals surface area contributed by atoms with E-state index in [9.17, 15) is 4.39 Å². The van der Waals surface area contributed by atoms with Crippen molar-refractivity contribution in [3.8, 4) is 0 Å². The lowest BCUT2D eigenvalue weighted by Gasteiger charge is -2.18. The Bertz CT molecular complexity index is 377. The first-order valence-corrected chi connectivity index (χ1v) is 6.91. The van der Waals surface area contributed by atoms with Crippen LogP contribution in [0, 0.1) is 5.82 Å². The van der Waals surface area contributed by atoms with Gasteiger partial charge in [-0.3, -0.25) is 0 Å². The average molecular weight is 271 g/mol. The van der Waals surface area contributed by atoms with Crippen LogP contribution in [0.15, 0.2) is 23.1 Å². The maximum atomic E-state index is 13.9. The number of methoxy groups -OCH3 is 1. The molecule has 0 radical (unpaired) electrons. The van der Waals surface area contributed by atoms with E-state index >= 15 is 0 Å². The van der Waals surface area contributed by atoms with E-state index in [1.54, 1.807) is 24.9 Å². The van der Waals surface area contributed by atoms with E-state index in [4.69, 9.17) is 4.74 Å². The molecule has 0 fully saturated rings. The fourth-order valence-electron chi connectivity index (χ4n) is 1.47. The fourth-order valence-corrected chi connectivity index (χ4v) is 2.43. The molecule has 1 rings (SSSR count). The second-order valence-electron chi connectivity index (χ2n) is 5.15. The predicted molar refractivity (Wildman–Crippen MR) is 75.6 cm³/mol. The number of hydrogen-bond donors (Lipinski definition) is 1. The topological polar surface area (TPSA) is 21.3 Å². The standard InChI is InChI=1S/C14H22FNOS/c1-14(2,3)18-13-6-5-11(9-12(13)15)10-16-7-8-17-4/h5-6,9,16H,7-8,10H2,1-4H3. The monoisotopic (exact) mass is 271 g/mol. The molecular weight excluding hydrogens is 249 g/mol. The zero-order valence-corrected chi connectivity index (χ0v) is 12.4. The first-order chi connectivity index (χ1) is 8.42. The SMILES string of the molecule is COCCNCc1ccc(SC(C)(C)C)c(F)c1. The van der Waals surface area contributed by atoms with E-state index in [-0.39, 0.29) is 10.6 Å². The molecular formula is C14H22FNOS. The fraction of sp³-hybridized carbons (Fsp3) is 0.571. The lowest BCUT2D eigenvalue weighted by Crippen LogP contribution is -2.18. The lowest BCUT2D eigenvalue weighted by atomic mass is 10.2. The van der Waals surface area contributed by atoms with Crippen molar-refractivity contribution in [2.45, 2.75) is 37.0 Å². The van der Waals surface area contributed by atoms with Crippen molar-refractivity contribution in [2.24, 2.45) is 0 Å². The van der Waals surface area contributed by atoms with Gasteiger partial charge in [0, 0.05) is 29.8 Å². The summed E-state index contributed by atoms with van der Waals surface area (Å²) in [5, 5.41) is 3.20. The van der Waals surface area contributed by atoms with E-state index in [2.05, 4.69) is 26.1 Å². The number of halogens is 1. The van der Waals surface area contributed by atoms with Crippen LogP contribution in [-0.2, 0) is 11.3 Å². The molecule has 1 aromatic carbocycles. The van der Waals surface area contributed by atoms with Crippen LogP contribution in [0.5, 0.6) is 0 Å². The maximum Gasteiger partial charge on any atom is 0.137 e. The summed E-state index contributed by atoms with van der Waals surface area (Å²) in [6, 6.07) is 5.43. The number of nitrogens with one attached hydrogen (secondary N) is 1. The summed E-state index contributed by atoms with van der Waals surface area (Å²) in [6.45, 7) is 8.35. The average Bonchev–Trinajstić information content (AvgIpc) is 2.26. The maximum absolute atomic E-state index is 13.9. The Morgan fingerprint density at radius 3 is 2.61 bits per heavy atom. The molecule has 1 aromatic rings. The summed E-state index contributed by atoms with van der Waals surface area (Å²) in [4.78, 5) is 0.711. The first-order valence-electron chi connectivity index (χ1n) is 6.09. The van der Waals surface area contributed by atoms with Gasteiger partial charge in [-0.1, -0.05) is 26.8 Å². The Morgan fingerprint density at radius 1 is 1.33 bits per heavy atom. The van der Waals surface area contributed by atoms with E-state index in [1.165, 1.54) is 0 Å². The van der Waals surface area contributed by atoms with Gasteiger partial charge in [-0.05, 0) is 17.7 Å². The number of benzene rings is 1. The summed E-state index contributed by atoms with van der Waals surface area (Å²) in [5.41, 5.74) is 0.960. The molecule has 2 nitrogen and oxygen atoms in total. The van der Waals surface area contributed by atoms with Crippen LogP contribution < -0.4 is 5.32 Å². The molecule has 0 unspecified atom stereocenters. The number of thioether (sulfide) groups is 1. The largest absolute Gasteiger partial charge is 0.383 e. The van der Waals surface area contributed by atoms with Crippen molar-refractivity contribution in [1.82, 2.24) is 5.32 Å². The minimum atomic E-state index is -0.138. The van der Waals surface area contributed by atoms with Gasteiger partial charge in [-0.25, -0.2) is 4.39 Å². The smallest absolute Gasteiger partial charge is 0.137 e. The minimum absolute atomic E-state index is 0.0269. The summed E-state index contributed by atoms with van der Waals surface area (Å²) < 4.78 is 18.8. The highest BCUT2D eigenvalue weighted by Crippen LogP contribution is 2.33. The third kappa shape index (κ3) is 5.85. The first kappa shape index (κ1) is 15.5. The van der Waals surface area contributed by atoms with Gasteiger partial charge in [0.2, 0.25) is 0 Å². The Labute approximate surface area is 113 Å². The Balaban J connectivity index is 2.56. The van der Waals surface area contributed by atoms with Crippen molar-refractivity contribution in [3.05, 3.63) is 29.6 Å². The van der Waals surface area contributed by atoms with Gasteiger partial charge in [0.25, 0.3) is 0 Å². The van der Waals surface area contributed by atoms with Gasteiger partial charge in [-0.2, -0.15) is 0 Å². The summed E-state index contributed by atoms with van der Waals surface area (Å²) in [7, 11) is 1.67. The zero-order chi connectivity index (χ0) is 13.6. The van der Waals surface area contributed by atoms with Crippen LogP contribution in [0.1, 0.15) is 26.3 Å². The van der Waals surface area contributed by atoms with Crippen molar-refractivity contribution in [2.75, 3.05) is 20.3 Å². The zero-order valence-electron chi connectivity index (χ0n) is 11.5. The van der Waals surface area contributed by atoms with E-state index < -0.39 is 0 Å². The Kier molecular flexibility index (Phi) is 6.12. The Hall–Kier alpha value is -0.580. The van der Waals surface area contributed by atoms with Gasteiger partial charge in [0.15, 0.2) is 0 Å². The van der Waals surface area contributed by atoms with Crippen LogP contribution in [-0.4, -0.2) is 25.0 Å². The lowest BCUT2D eigenvalue weighted by molar-refractivity contribution is 0.199. The van der Waals surface area contributed by atoms with Crippen molar-refractivity contribution < 1.29 is 9.13 Å². The van der Waals surface area contributed by atoms with E-state index in [0.717, 1.165) is 12.1 Å². The molecule has 0 aliphatic heterocycles. The van der Waals surface area contributed by atoms with Gasteiger partial charge in [0.1, 0.15) is 5.82 Å². The van der Waals surface area contributed by atoms with Gasteiger partial charge >= 0.3 is 0 Å². The Morgan fingerprint density at radius 2 is 2.06 bits per heavy atom. The molecule has 18 heavy (non-hydrogen) atoms. The third-order valence-electron chi connectivity index (χ3n) is 2.22. The minimum Gasteiger partial charge on any atom is -0.383 e. The van der Waals surface area contributed by atoms with Crippen molar-refractivity contribution in [3.63, 3.8) is 0 Å². The molecule has 0 saturated heterocycles. The molecule has 102 valence electrons. The second kappa shape index (κ2) is 7.12. The molecule has 0 aliphatic rings. The quantitative estimate of drug-likeness (QED) is 0.632. The predicted octanol–water partition coefficient (Wildman–Crippen LogP) is 3.45. The molecule has 0 amide bonds. The number of ether oxygens (including phenoxy) is 1. The van der Waals surface area contributed by atoms with Gasteiger partial charge in [-0.15, -0.1) is 11.8 Å². The normalized spacial score (nSPS) is 11.8. The molecule has 0 saturated carbocycles. The molecule has 1 N–H and O–H groups in total. The van der Waals surface area contributed by atoms with Gasteiger partial charge < -0.3 is 10.1 Å². The van der Waals surface area contributed by atoms with Crippen LogP contribution in [0.3, 0.4) is 0 Å².